The van der Waals surface area contributed by atoms with E-state index >= 15 is 0 Å². The molecule has 1 rings (SSSR count). The van der Waals surface area contributed by atoms with Gasteiger partial charge in [-0.15, -0.1) is 0 Å². The molecule has 1 atom stereocenters. The molecule has 0 spiro atoms. The zero-order valence-corrected chi connectivity index (χ0v) is 6.70. The zero-order valence-electron chi connectivity index (χ0n) is 6.70. The number of benzene rings is 1. The minimum atomic E-state index is -0.271. The first-order chi connectivity index (χ1) is 5.77. The van der Waals surface area contributed by atoms with Crippen LogP contribution in [0.15, 0.2) is 24.3 Å². The van der Waals surface area contributed by atoms with E-state index in [1.807, 2.05) is 0 Å². The summed E-state index contributed by atoms with van der Waals surface area (Å²) in [6, 6.07) is 6.02. The molecule has 0 heterocycles. The number of nitrogens with two attached hydrogens (primary N) is 1. The van der Waals surface area contributed by atoms with Crippen molar-refractivity contribution in [2.45, 2.75) is 5.92 Å². The molecule has 12 heavy (non-hydrogen) atoms. The number of hydrogen-bond donors (Lipinski definition) is 2. The van der Waals surface area contributed by atoms with Gasteiger partial charge in [-0.1, -0.05) is 12.1 Å². The van der Waals surface area contributed by atoms with Crippen LogP contribution in [0, 0.1) is 5.82 Å². The molecule has 0 radical (unpaired) electrons. The molecule has 66 valence electrons. The molecule has 0 aliphatic carbocycles. The Balaban J connectivity index is 2.80. The largest absolute Gasteiger partial charge is 0.396 e. The highest BCUT2D eigenvalue weighted by molar-refractivity contribution is 5.20. The Morgan fingerprint density at radius 2 is 1.92 bits per heavy atom. The monoisotopic (exact) mass is 169 g/mol. The van der Waals surface area contributed by atoms with E-state index in [4.69, 9.17) is 10.8 Å². The van der Waals surface area contributed by atoms with Gasteiger partial charge < -0.3 is 10.8 Å². The minimum absolute atomic E-state index is 0.00212. The van der Waals surface area contributed by atoms with Gasteiger partial charge >= 0.3 is 0 Å². The predicted molar refractivity (Wildman–Crippen MR) is 45.3 cm³/mol. The molecule has 0 aromatic heterocycles. The Morgan fingerprint density at radius 1 is 1.33 bits per heavy atom. The van der Waals surface area contributed by atoms with Crippen molar-refractivity contribution < 1.29 is 9.50 Å². The van der Waals surface area contributed by atoms with E-state index in [-0.39, 0.29) is 18.3 Å². The zero-order chi connectivity index (χ0) is 8.97. The van der Waals surface area contributed by atoms with Crippen molar-refractivity contribution in [3.8, 4) is 0 Å². The summed E-state index contributed by atoms with van der Waals surface area (Å²) in [4.78, 5) is 0. The van der Waals surface area contributed by atoms with Crippen LogP contribution in [0.4, 0.5) is 4.39 Å². The maximum absolute atomic E-state index is 12.5. The first kappa shape index (κ1) is 9.16. The van der Waals surface area contributed by atoms with Gasteiger partial charge in [0.25, 0.3) is 0 Å². The van der Waals surface area contributed by atoms with Crippen LogP contribution < -0.4 is 5.73 Å². The third-order valence-corrected chi connectivity index (χ3v) is 1.85. The van der Waals surface area contributed by atoms with Crippen LogP contribution in [0.3, 0.4) is 0 Å². The topological polar surface area (TPSA) is 46.2 Å². The fraction of sp³-hybridized carbons (Fsp3) is 0.333. The molecule has 0 fully saturated rings. The SMILES string of the molecule is NC[C@@H](CO)c1ccc(F)cc1. The van der Waals surface area contributed by atoms with E-state index in [1.54, 1.807) is 12.1 Å². The molecule has 3 heteroatoms. The summed E-state index contributed by atoms with van der Waals surface area (Å²) >= 11 is 0. The molecule has 0 aliphatic heterocycles. The van der Waals surface area contributed by atoms with Gasteiger partial charge in [0.15, 0.2) is 0 Å². The maximum Gasteiger partial charge on any atom is 0.123 e. The second-order valence-corrected chi connectivity index (χ2v) is 2.67. The molecule has 0 unspecified atom stereocenters. The van der Waals surface area contributed by atoms with Gasteiger partial charge in [0.05, 0.1) is 6.61 Å². The lowest BCUT2D eigenvalue weighted by atomic mass is 10.0. The van der Waals surface area contributed by atoms with E-state index in [0.717, 1.165) is 5.56 Å². The number of rotatable bonds is 3. The first-order valence-corrected chi connectivity index (χ1v) is 3.84. The normalized spacial score (nSPS) is 12.9. The van der Waals surface area contributed by atoms with Crippen LogP contribution in [-0.2, 0) is 0 Å². The molecule has 0 amide bonds. The van der Waals surface area contributed by atoms with Crippen LogP contribution in [0.25, 0.3) is 0 Å². The number of aliphatic hydroxyl groups excluding tert-OH is 1. The molecule has 0 bridgehead atoms. The quantitative estimate of drug-likeness (QED) is 0.705. The Hall–Kier alpha value is -0.930. The lowest BCUT2D eigenvalue weighted by Gasteiger charge is -2.10. The highest BCUT2D eigenvalue weighted by Crippen LogP contribution is 2.13. The van der Waals surface area contributed by atoms with Gasteiger partial charge in [0.1, 0.15) is 5.82 Å². The van der Waals surface area contributed by atoms with Gasteiger partial charge in [0, 0.05) is 12.5 Å². The summed E-state index contributed by atoms with van der Waals surface area (Å²) in [5.74, 6) is -0.349. The van der Waals surface area contributed by atoms with E-state index in [2.05, 4.69) is 0 Å². The van der Waals surface area contributed by atoms with Crippen molar-refractivity contribution in [3.63, 3.8) is 0 Å². The van der Waals surface area contributed by atoms with Crippen LogP contribution in [0.1, 0.15) is 11.5 Å². The average molecular weight is 169 g/mol. The fourth-order valence-corrected chi connectivity index (χ4v) is 1.05. The molecule has 2 nitrogen and oxygen atoms in total. The van der Waals surface area contributed by atoms with Gasteiger partial charge in [-0.05, 0) is 17.7 Å². The fourth-order valence-electron chi connectivity index (χ4n) is 1.05. The van der Waals surface area contributed by atoms with Crippen molar-refractivity contribution in [1.29, 1.82) is 0 Å². The van der Waals surface area contributed by atoms with Gasteiger partial charge in [-0.25, -0.2) is 4.39 Å². The maximum atomic E-state index is 12.5. The minimum Gasteiger partial charge on any atom is -0.396 e. The number of halogens is 1. The predicted octanol–water partition coefficient (Wildman–Crippen LogP) is 0.860. The second-order valence-electron chi connectivity index (χ2n) is 2.67. The summed E-state index contributed by atoms with van der Waals surface area (Å²) in [5, 5.41) is 8.88. The number of hydrogen-bond acceptors (Lipinski definition) is 2. The molecule has 0 aliphatic rings. The van der Waals surface area contributed by atoms with E-state index in [1.165, 1.54) is 12.1 Å². The molecule has 3 N–H and O–H groups in total. The van der Waals surface area contributed by atoms with Gasteiger partial charge in [0.2, 0.25) is 0 Å². The van der Waals surface area contributed by atoms with Crippen LogP contribution >= 0.6 is 0 Å². The van der Waals surface area contributed by atoms with Gasteiger partial charge in [-0.2, -0.15) is 0 Å². The van der Waals surface area contributed by atoms with Crippen molar-refractivity contribution in [1.82, 2.24) is 0 Å². The highest BCUT2D eigenvalue weighted by Gasteiger charge is 2.06. The summed E-state index contributed by atoms with van der Waals surface area (Å²) in [7, 11) is 0. The van der Waals surface area contributed by atoms with Crippen LogP contribution in [-0.4, -0.2) is 18.3 Å². The first-order valence-electron chi connectivity index (χ1n) is 3.84. The molecule has 1 aromatic carbocycles. The molecular weight excluding hydrogens is 157 g/mol. The number of aliphatic hydroxyl groups is 1. The van der Waals surface area contributed by atoms with Crippen LogP contribution in [0.2, 0.25) is 0 Å². The highest BCUT2D eigenvalue weighted by atomic mass is 19.1. The Morgan fingerprint density at radius 3 is 2.33 bits per heavy atom. The summed E-state index contributed by atoms with van der Waals surface area (Å²) in [6.45, 7) is 0.379. The summed E-state index contributed by atoms with van der Waals surface area (Å²) in [5.41, 5.74) is 6.28. The average Bonchev–Trinajstić information content (AvgIpc) is 2.10. The van der Waals surface area contributed by atoms with E-state index in [0.29, 0.717) is 6.54 Å². The van der Waals surface area contributed by atoms with Crippen LogP contribution in [0.5, 0.6) is 0 Å². The summed E-state index contributed by atoms with van der Waals surface area (Å²) in [6.07, 6.45) is 0. The third kappa shape index (κ3) is 2.03. The Bertz CT molecular complexity index is 231. The third-order valence-electron chi connectivity index (χ3n) is 1.85. The summed E-state index contributed by atoms with van der Waals surface area (Å²) < 4.78 is 12.5. The van der Waals surface area contributed by atoms with Gasteiger partial charge in [-0.3, -0.25) is 0 Å². The van der Waals surface area contributed by atoms with Crippen molar-refractivity contribution in [2.24, 2.45) is 5.73 Å². The molecule has 0 saturated heterocycles. The molecular formula is C9H12FNO. The smallest absolute Gasteiger partial charge is 0.123 e. The van der Waals surface area contributed by atoms with Crippen molar-refractivity contribution in [2.75, 3.05) is 13.2 Å². The lowest BCUT2D eigenvalue weighted by Crippen LogP contribution is -2.15. The van der Waals surface area contributed by atoms with E-state index in [9.17, 15) is 4.39 Å². The van der Waals surface area contributed by atoms with E-state index < -0.39 is 0 Å². The second kappa shape index (κ2) is 4.18. The Kier molecular flexibility index (Phi) is 3.19. The van der Waals surface area contributed by atoms with Crippen molar-refractivity contribution in [3.05, 3.63) is 35.6 Å². The Labute approximate surface area is 70.8 Å². The molecule has 0 saturated carbocycles. The standard InChI is InChI=1S/C9H12FNO/c10-9-3-1-7(2-4-9)8(5-11)6-12/h1-4,8,12H,5-6,11H2/t8-/m0/s1. The van der Waals surface area contributed by atoms with Crippen molar-refractivity contribution >= 4 is 0 Å². The lowest BCUT2D eigenvalue weighted by molar-refractivity contribution is 0.268. The molecule has 1 aromatic rings.